The summed E-state index contributed by atoms with van der Waals surface area (Å²) < 4.78 is 12.2. The van der Waals surface area contributed by atoms with Crippen molar-refractivity contribution >= 4 is 46.7 Å². The van der Waals surface area contributed by atoms with Crippen LogP contribution in [0.3, 0.4) is 0 Å². The summed E-state index contributed by atoms with van der Waals surface area (Å²) in [5.41, 5.74) is 2.68. The van der Waals surface area contributed by atoms with E-state index in [9.17, 15) is 4.79 Å². The minimum Gasteiger partial charge on any atom is -0.455 e. The lowest BCUT2D eigenvalue weighted by Crippen LogP contribution is -2.21. The highest BCUT2D eigenvalue weighted by Gasteiger charge is 2.45. The summed E-state index contributed by atoms with van der Waals surface area (Å²) in [6.07, 6.45) is 3.09. The van der Waals surface area contributed by atoms with Gasteiger partial charge in [0.15, 0.2) is 11.5 Å². The molecule has 4 nitrogen and oxygen atoms in total. The van der Waals surface area contributed by atoms with Crippen LogP contribution in [-0.2, 0) is 10.5 Å². The van der Waals surface area contributed by atoms with Crippen LogP contribution in [0.4, 0.5) is 5.69 Å². The van der Waals surface area contributed by atoms with Crippen LogP contribution in [0.15, 0.2) is 52.9 Å². The first kappa shape index (κ1) is 20.9. The normalized spacial score (nSPS) is 16.8. The molecule has 1 aliphatic heterocycles. The number of rotatable bonds is 4. The van der Waals surface area contributed by atoms with Crippen LogP contribution in [0.2, 0.25) is 5.02 Å². The number of aryl methyl sites for hydroxylation is 1. The van der Waals surface area contributed by atoms with Gasteiger partial charge in [0, 0.05) is 34.1 Å². The SMILES string of the molecule is Cc1c(C(=O)Nc2cc(Cl)ccc2Oc2ccccc2)oc2c1C1(CCC2)SCCS1. The Morgan fingerprint density at radius 1 is 1.16 bits per heavy atom. The first-order chi connectivity index (χ1) is 15.1. The highest BCUT2D eigenvalue weighted by Crippen LogP contribution is 2.59. The third-order valence-corrected chi connectivity index (χ3v) is 9.40. The predicted molar refractivity (Wildman–Crippen MR) is 129 cm³/mol. The Bertz CT molecular complexity index is 1120. The summed E-state index contributed by atoms with van der Waals surface area (Å²) in [5, 5.41) is 3.48. The Morgan fingerprint density at radius 3 is 2.71 bits per heavy atom. The van der Waals surface area contributed by atoms with Crippen LogP contribution < -0.4 is 10.1 Å². The fraction of sp³-hybridized carbons (Fsp3) is 0.292. The van der Waals surface area contributed by atoms with Gasteiger partial charge in [0.2, 0.25) is 0 Å². The van der Waals surface area contributed by atoms with Crippen molar-refractivity contribution in [3.05, 3.63) is 76.2 Å². The molecule has 1 fully saturated rings. The summed E-state index contributed by atoms with van der Waals surface area (Å²) in [4.78, 5) is 13.3. The Balaban J connectivity index is 1.45. The molecule has 3 aromatic rings. The van der Waals surface area contributed by atoms with Crippen LogP contribution >= 0.6 is 35.1 Å². The number of ether oxygens (including phenoxy) is 1. The van der Waals surface area contributed by atoms with Crippen molar-refractivity contribution in [3.63, 3.8) is 0 Å². The molecule has 0 bridgehead atoms. The molecule has 160 valence electrons. The first-order valence-electron chi connectivity index (χ1n) is 10.3. The molecule has 1 saturated heterocycles. The lowest BCUT2D eigenvalue weighted by atomic mass is 9.94. The lowest BCUT2D eigenvalue weighted by Gasteiger charge is -2.31. The van der Waals surface area contributed by atoms with Crippen LogP contribution in [0.1, 0.15) is 40.3 Å². The fourth-order valence-electron chi connectivity index (χ4n) is 4.30. The number of hydrogen-bond donors (Lipinski definition) is 1. The zero-order valence-corrected chi connectivity index (χ0v) is 19.5. The van der Waals surface area contributed by atoms with Crippen LogP contribution in [0, 0.1) is 6.92 Å². The molecule has 31 heavy (non-hydrogen) atoms. The molecule has 0 saturated carbocycles. The third-order valence-electron chi connectivity index (χ3n) is 5.63. The van der Waals surface area contributed by atoms with Gasteiger partial charge >= 0.3 is 0 Å². The van der Waals surface area contributed by atoms with Crippen LogP contribution in [0.25, 0.3) is 0 Å². The number of furan rings is 1. The molecule has 2 aliphatic rings. The summed E-state index contributed by atoms with van der Waals surface area (Å²) in [7, 11) is 0. The van der Waals surface area contributed by atoms with E-state index in [1.165, 1.54) is 5.56 Å². The second-order valence-corrected chi connectivity index (χ2v) is 11.2. The van der Waals surface area contributed by atoms with E-state index in [2.05, 4.69) is 5.32 Å². The molecule has 1 aliphatic carbocycles. The molecule has 1 aromatic heterocycles. The van der Waals surface area contributed by atoms with Gasteiger partial charge in [-0.1, -0.05) is 29.8 Å². The van der Waals surface area contributed by atoms with E-state index in [4.69, 9.17) is 20.8 Å². The van der Waals surface area contributed by atoms with Gasteiger partial charge < -0.3 is 14.5 Å². The first-order valence-corrected chi connectivity index (χ1v) is 12.7. The van der Waals surface area contributed by atoms with Crippen molar-refractivity contribution in [3.8, 4) is 11.5 Å². The van der Waals surface area contributed by atoms with Gasteiger partial charge in [0.1, 0.15) is 11.5 Å². The number of carbonyl (C=O) groups excluding carboxylic acids is 1. The van der Waals surface area contributed by atoms with Crippen molar-refractivity contribution in [2.75, 3.05) is 16.8 Å². The Morgan fingerprint density at radius 2 is 1.94 bits per heavy atom. The minimum absolute atomic E-state index is 0.0390. The Hall–Kier alpha value is -2.02. The summed E-state index contributed by atoms with van der Waals surface area (Å²) in [6.45, 7) is 2.00. The van der Waals surface area contributed by atoms with Crippen molar-refractivity contribution in [2.45, 2.75) is 30.3 Å². The predicted octanol–water partition coefficient (Wildman–Crippen LogP) is 7.26. The number of halogens is 1. The maximum absolute atomic E-state index is 13.3. The Kier molecular flexibility index (Phi) is 5.71. The number of carbonyl (C=O) groups is 1. The number of nitrogens with one attached hydrogen (secondary N) is 1. The topological polar surface area (TPSA) is 51.5 Å². The molecular weight excluding hydrogens is 450 g/mol. The van der Waals surface area contributed by atoms with E-state index in [1.807, 2.05) is 60.8 Å². The zero-order valence-electron chi connectivity index (χ0n) is 17.1. The molecule has 0 atom stereocenters. The van der Waals surface area contributed by atoms with Crippen molar-refractivity contribution < 1.29 is 13.9 Å². The molecule has 2 aromatic carbocycles. The number of fused-ring (bicyclic) bond motifs is 2. The van der Waals surface area contributed by atoms with Crippen molar-refractivity contribution in [1.29, 1.82) is 0 Å². The molecule has 2 heterocycles. The highest BCUT2D eigenvalue weighted by atomic mass is 35.5. The number of para-hydroxylation sites is 1. The number of anilines is 1. The average Bonchev–Trinajstić information content (AvgIpc) is 3.36. The molecule has 0 unspecified atom stereocenters. The molecule has 1 spiro atoms. The third kappa shape index (κ3) is 3.97. The number of amides is 1. The van der Waals surface area contributed by atoms with E-state index < -0.39 is 0 Å². The molecular formula is C24H22ClNO3S2. The van der Waals surface area contributed by atoms with E-state index in [1.54, 1.807) is 18.2 Å². The van der Waals surface area contributed by atoms with Gasteiger partial charge in [-0.05, 0) is 50.1 Å². The standard InChI is InChI=1S/C24H22ClNO3S2/c1-15-21-20(8-5-11-24(21)30-12-13-31-24)29-22(15)23(27)26-18-14-16(25)9-10-19(18)28-17-6-3-2-4-7-17/h2-4,6-7,9-10,14H,5,8,11-13H2,1H3,(H,26,27). The van der Waals surface area contributed by atoms with E-state index in [0.717, 1.165) is 42.1 Å². The largest absolute Gasteiger partial charge is 0.455 e. The summed E-state index contributed by atoms with van der Waals surface area (Å²) in [5.74, 6) is 4.54. The second-order valence-electron chi connectivity index (χ2n) is 7.67. The zero-order chi connectivity index (χ0) is 21.4. The maximum atomic E-state index is 13.3. The lowest BCUT2D eigenvalue weighted by molar-refractivity contribution is 0.0993. The van der Waals surface area contributed by atoms with E-state index in [-0.39, 0.29) is 9.99 Å². The number of hydrogen-bond acceptors (Lipinski definition) is 5. The summed E-state index contributed by atoms with van der Waals surface area (Å²) in [6, 6.07) is 14.6. The minimum atomic E-state index is -0.282. The van der Waals surface area contributed by atoms with Gasteiger partial charge in [-0.25, -0.2) is 0 Å². The van der Waals surface area contributed by atoms with Gasteiger partial charge in [-0.2, -0.15) is 0 Å². The Labute approximate surface area is 195 Å². The van der Waals surface area contributed by atoms with Crippen LogP contribution in [-0.4, -0.2) is 17.4 Å². The fourth-order valence-corrected chi connectivity index (χ4v) is 8.03. The highest BCUT2D eigenvalue weighted by molar-refractivity contribution is 8.20. The molecule has 7 heteroatoms. The monoisotopic (exact) mass is 471 g/mol. The smallest absolute Gasteiger partial charge is 0.291 e. The van der Waals surface area contributed by atoms with Crippen molar-refractivity contribution in [1.82, 2.24) is 0 Å². The molecule has 0 radical (unpaired) electrons. The second kappa shape index (κ2) is 8.49. The quantitative estimate of drug-likeness (QED) is 0.434. The van der Waals surface area contributed by atoms with Gasteiger partial charge in [0.05, 0.1) is 9.77 Å². The molecule has 1 amide bonds. The molecule has 1 N–H and O–H groups in total. The van der Waals surface area contributed by atoms with Crippen molar-refractivity contribution in [2.24, 2.45) is 0 Å². The number of thioether (sulfide) groups is 2. The average molecular weight is 472 g/mol. The van der Waals surface area contributed by atoms with Gasteiger partial charge in [-0.3, -0.25) is 4.79 Å². The summed E-state index contributed by atoms with van der Waals surface area (Å²) >= 11 is 10.2. The van der Waals surface area contributed by atoms with Crippen LogP contribution in [0.5, 0.6) is 11.5 Å². The molecule has 5 rings (SSSR count). The maximum Gasteiger partial charge on any atom is 0.291 e. The van der Waals surface area contributed by atoms with E-state index >= 15 is 0 Å². The van der Waals surface area contributed by atoms with Gasteiger partial charge in [0.25, 0.3) is 5.91 Å². The van der Waals surface area contributed by atoms with E-state index in [0.29, 0.717) is 28.0 Å². The van der Waals surface area contributed by atoms with Gasteiger partial charge in [-0.15, -0.1) is 23.5 Å². The number of benzene rings is 2.